The standard InChI is InChI=1S/C16H16N4O2S/c1-10-7-20-8-11(4-5-14(20)17-10)18-15(21)12-9-23-16(19-12)13-3-2-6-22-13/h2-3,6-7,9,11H,4-5,8H2,1H3,(H,18,21)/t11-/m0/s1. The summed E-state index contributed by atoms with van der Waals surface area (Å²) < 4.78 is 7.43. The van der Waals surface area contributed by atoms with Crippen LogP contribution < -0.4 is 5.32 Å². The van der Waals surface area contributed by atoms with Crippen LogP contribution >= 0.6 is 11.3 Å². The number of fused-ring (bicyclic) bond motifs is 1. The molecule has 1 aliphatic rings. The smallest absolute Gasteiger partial charge is 0.271 e. The van der Waals surface area contributed by atoms with Crippen LogP contribution in [0.3, 0.4) is 0 Å². The zero-order valence-electron chi connectivity index (χ0n) is 12.7. The first-order valence-electron chi connectivity index (χ1n) is 7.52. The van der Waals surface area contributed by atoms with E-state index >= 15 is 0 Å². The van der Waals surface area contributed by atoms with Gasteiger partial charge in [-0.3, -0.25) is 4.79 Å². The molecule has 3 aromatic rings. The van der Waals surface area contributed by atoms with Gasteiger partial charge < -0.3 is 14.3 Å². The topological polar surface area (TPSA) is 73.0 Å². The zero-order chi connectivity index (χ0) is 15.8. The van der Waals surface area contributed by atoms with Crippen molar-refractivity contribution in [2.24, 2.45) is 0 Å². The third kappa shape index (κ3) is 2.79. The molecule has 0 unspecified atom stereocenters. The summed E-state index contributed by atoms with van der Waals surface area (Å²) in [6.45, 7) is 2.75. The fourth-order valence-corrected chi connectivity index (χ4v) is 3.62. The molecule has 1 atom stereocenters. The Morgan fingerprint density at radius 1 is 1.48 bits per heavy atom. The minimum atomic E-state index is -0.135. The van der Waals surface area contributed by atoms with E-state index in [1.807, 2.05) is 25.3 Å². The third-order valence-corrected chi connectivity index (χ3v) is 4.77. The number of nitrogens with zero attached hydrogens (tertiary/aromatic N) is 3. The molecule has 3 aromatic heterocycles. The Morgan fingerprint density at radius 2 is 2.39 bits per heavy atom. The second-order valence-corrected chi connectivity index (χ2v) is 6.53. The Bertz CT molecular complexity index is 834. The second-order valence-electron chi connectivity index (χ2n) is 5.68. The molecule has 1 aliphatic heterocycles. The highest BCUT2D eigenvalue weighted by Gasteiger charge is 2.22. The number of aryl methyl sites for hydroxylation is 2. The van der Waals surface area contributed by atoms with Gasteiger partial charge in [-0.25, -0.2) is 9.97 Å². The molecule has 0 saturated carbocycles. The van der Waals surface area contributed by atoms with Crippen molar-refractivity contribution in [3.63, 3.8) is 0 Å². The highest BCUT2D eigenvalue weighted by molar-refractivity contribution is 7.13. The van der Waals surface area contributed by atoms with Crippen LogP contribution in [-0.4, -0.2) is 26.5 Å². The Hall–Kier alpha value is -2.41. The molecule has 4 heterocycles. The van der Waals surface area contributed by atoms with Crippen LogP contribution in [0.15, 0.2) is 34.4 Å². The quantitative estimate of drug-likeness (QED) is 0.802. The van der Waals surface area contributed by atoms with Gasteiger partial charge in [0.1, 0.15) is 11.5 Å². The normalized spacial score (nSPS) is 17.0. The Balaban J connectivity index is 1.44. The number of rotatable bonds is 3. The summed E-state index contributed by atoms with van der Waals surface area (Å²) in [6.07, 6.45) is 5.42. The summed E-state index contributed by atoms with van der Waals surface area (Å²) in [5, 5.41) is 5.56. The molecule has 7 heteroatoms. The van der Waals surface area contributed by atoms with Gasteiger partial charge in [0.2, 0.25) is 0 Å². The van der Waals surface area contributed by atoms with Gasteiger partial charge in [-0.05, 0) is 25.5 Å². The summed E-state index contributed by atoms with van der Waals surface area (Å²) in [6, 6.07) is 3.76. The molecule has 0 bridgehead atoms. The van der Waals surface area contributed by atoms with Gasteiger partial charge in [0.05, 0.1) is 12.0 Å². The van der Waals surface area contributed by atoms with Gasteiger partial charge in [-0.15, -0.1) is 11.3 Å². The molecule has 118 valence electrons. The van der Waals surface area contributed by atoms with Gasteiger partial charge in [0, 0.05) is 30.6 Å². The first-order valence-corrected chi connectivity index (χ1v) is 8.40. The van der Waals surface area contributed by atoms with Crippen LogP contribution in [0, 0.1) is 6.92 Å². The van der Waals surface area contributed by atoms with Crippen molar-refractivity contribution in [1.82, 2.24) is 19.9 Å². The minimum absolute atomic E-state index is 0.109. The van der Waals surface area contributed by atoms with Gasteiger partial charge in [0.25, 0.3) is 5.91 Å². The molecule has 1 amide bonds. The molecular formula is C16H16N4O2S. The SMILES string of the molecule is Cc1cn2c(n1)CC[C@H](NC(=O)c1csc(-c3ccco3)n1)C2. The van der Waals surface area contributed by atoms with Crippen molar-refractivity contribution in [1.29, 1.82) is 0 Å². The van der Waals surface area contributed by atoms with Crippen LogP contribution in [0.5, 0.6) is 0 Å². The van der Waals surface area contributed by atoms with Crippen LogP contribution in [0.4, 0.5) is 0 Å². The van der Waals surface area contributed by atoms with E-state index in [0.29, 0.717) is 11.5 Å². The second kappa shape index (κ2) is 5.66. The van der Waals surface area contributed by atoms with E-state index in [2.05, 4.69) is 19.9 Å². The number of carbonyl (C=O) groups is 1. The van der Waals surface area contributed by atoms with E-state index in [9.17, 15) is 4.79 Å². The van der Waals surface area contributed by atoms with Crippen molar-refractivity contribution in [3.05, 3.63) is 47.2 Å². The van der Waals surface area contributed by atoms with E-state index < -0.39 is 0 Å². The number of aromatic nitrogens is 3. The molecule has 4 rings (SSSR count). The number of carbonyl (C=O) groups excluding carboxylic acids is 1. The predicted molar refractivity (Wildman–Crippen MR) is 86.4 cm³/mol. The van der Waals surface area contributed by atoms with Crippen molar-refractivity contribution in [3.8, 4) is 10.8 Å². The highest BCUT2D eigenvalue weighted by Crippen LogP contribution is 2.24. The number of furan rings is 1. The highest BCUT2D eigenvalue weighted by atomic mass is 32.1. The fraction of sp³-hybridized carbons (Fsp3) is 0.312. The van der Waals surface area contributed by atoms with Crippen LogP contribution in [0.2, 0.25) is 0 Å². The molecule has 0 radical (unpaired) electrons. The summed E-state index contributed by atoms with van der Waals surface area (Å²) in [5.41, 5.74) is 1.46. The summed E-state index contributed by atoms with van der Waals surface area (Å²) in [5.74, 6) is 1.65. The number of imidazole rings is 1. The van der Waals surface area contributed by atoms with E-state index in [0.717, 1.165) is 35.9 Å². The Labute approximate surface area is 137 Å². The van der Waals surface area contributed by atoms with Crippen LogP contribution in [0.25, 0.3) is 10.8 Å². The lowest BCUT2D eigenvalue weighted by atomic mass is 10.1. The molecule has 0 aromatic carbocycles. The lowest BCUT2D eigenvalue weighted by Gasteiger charge is -2.24. The van der Waals surface area contributed by atoms with Crippen molar-refractivity contribution in [2.75, 3.05) is 0 Å². The lowest BCUT2D eigenvalue weighted by molar-refractivity contribution is 0.0923. The average molecular weight is 328 g/mol. The van der Waals surface area contributed by atoms with Gasteiger partial charge >= 0.3 is 0 Å². The van der Waals surface area contributed by atoms with Crippen molar-refractivity contribution in [2.45, 2.75) is 32.4 Å². The van der Waals surface area contributed by atoms with Crippen molar-refractivity contribution < 1.29 is 9.21 Å². The molecule has 0 saturated heterocycles. The van der Waals surface area contributed by atoms with Gasteiger partial charge in [0.15, 0.2) is 10.8 Å². The monoisotopic (exact) mass is 328 g/mol. The first kappa shape index (κ1) is 14.2. The van der Waals surface area contributed by atoms with Crippen LogP contribution in [-0.2, 0) is 13.0 Å². The number of amides is 1. The number of nitrogens with one attached hydrogen (secondary N) is 1. The molecule has 0 aliphatic carbocycles. The van der Waals surface area contributed by atoms with Crippen LogP contribution in [0.1, 0.15) is 28.4 Å². The van der Waals surface area contributed by atoms with Gasteiger partial charge in [-0.1, -0.05) is 0 Å². The molecule has 0 fully saturated rings. The maximum atomic E-state index is 12.4. The molecule has 23 heavy (non-hydrogen) atoms. The van der Waals surface area contributed by atoms with Crippen molar-refractivity contribution >= 4 is 17.2 Å². The Kier molecular flexibility index (Phi) is 3.49. The largest absolute Gasteiger partial charge is 0.462 e. The summed E-state index contributed by atoms with van der Waals surface area (Å²) in [7, 11) is 0. The molecular weight excluding hydrogens is 312 g/mol. The maximum Gasteiger partial charge on any atom is 0.271 e. The Morgan fingerprint density at radius 3 is 3.22 bits per heavy atom. The van der Waals surface area contributed by atoms with Gasteiger partial charge in [-0.2, -0.15) is 0 Å². The lowest BCUT2D eigenvalue weighted by Crippen LogP contribution is -2.41. The number of thiazole rings is 1. The third-order valence-electron chi connectivity index (χ3n) is 3.92. The predicted octanol–water partition coefficient (Wildman–Crippen LogP) is 2.65. The summed E-state index contributed by atoms with van der Waals surface area (Å²) in [4.78, 5) is 21.2. The molecule has 6 nitrogen and oxygen atoms in total. The first-order chi connectivity index (χ1) is 11.2. The molecule has 1 N–H and O–H groups in total. The number of hydrogen-bond donors (Lipinski definition) is 1. The van der Waals surface area contributed by atoms with E-state index in [1.165, 1.54) is 11.3 Å². The van der Waals surface area contributed by atoms with E-state index in [1.54, 1.807) is 11.6 Å². The summed E-state index contributed by atoms with van der Waals surface area (Å²) >= 11 is 1.41. The zero-order valence-corrected chi connectivity index (χ0v) is 13.5. The fourth-order valence-electron chi connectivity index (χ4n) is 2.85. The average Bonchev–Trinajstić information content (AvgIpc) is 3.26. The number of hydrogen-bond acceptors (Lipinski definition) is 5. The molecule has 0 spiro atoms. The maximum absolute atomic E-state index is 12.4. The van der Waals surface area contributed by atoms with E-state index in [-0.39, 0.29) is 11.9 Å². The minimum Gasteiger partial charge on any atom is -0.462 e. The van der Waals surface area contributed by atoms with E-state index in [4.69, 9.17) is 4.42 Å².